The van der Waals surface area contributed by atoms with Gasteiger partial charge in [0.15, 0.2) is 8.32 Å². The van der Waals surface area contributed by atoms with E-state index in [9.17, 15) is 0 Å². The summed E-state index contributed by atoms with van der Waals surface area (Å²) in [6.07, 6.45) is 1.36. The van der Waals surface area contributed by atoms with E-state index in [2.05, 4.69) is 54.6 Å². The minimum absolute atomic E-state index is 0.276. The lowest BCUT2D eigenvalue weighted by Crippen LogP contribution is -2.40. The topological polar surface area (TPSA) is 18.5 Å². The normalized spacial score (nSPS) is 16.6. The summed E-state index contributed by atoms with van der Waals surface area (Å²) in [5, 5.41) is 0. The van der Waals surface area contributed by atoms with Crippen molar-refractivity contribution >= 4 is 18.1 Å². The second-order valence-electron chi connectivity index (χ2n) is 5.96. The van der Waals surface area contributed by atoms with Crippen LogP contribution in [-0.2, 0) is 8.85 Å². The van der Waals surface area contributed by atoms with Crippen molar-refractivity contribution in [3.05, 3.63) is 0 Å². The van der Waals surface area contributed by atoms with Gasteiger partial charge in [-0.3, -0.25) is 0 Å². The van der Waals surface area contributed by atoms with E-state index in [1.807, 2.05) is 0 Å². The van der Waals surface area contributed by atoms with E-state index < -0.39 is 8.32 Å². The van der Waals surface area contributed by atoms with Gasteiger partial charge in [-0.15, -0.1) is 0 Å². The molecule has 0 heterocycles. The lowest BCUT2D eigenvalue weighted by atomic mass is 10.1. The van der Waals surface area contributed by atoms with E-state index in [0.717, 1.165) is 6.42 Å². The first-order chi connectivity index (χ1) is 7.70. The van der Waals surface area contributed by atoms with Crippen molar-refractivity contribution in [3.63, 3.8) is 0 Å². The molecule has 0 aliphatic rings. The molecule has 2 atom stereocenters. The average Bonchev–Trinajstić information content (AvgIpc) is 2.23. The van der Waals surface area contributed by atoms with Gasteiger partial charge in [0.25, 0.3) is 0 Å². The molecule has 4 heteroatoms. The van der Waals surface area contributed by atoms with Crippen LogP contribution < -0.4 is 0 Å². The van der Waals surface area contributed by atoms with Gasteiger partial charge in [-0.05, 0) is 37.9 Å². The second kappa shape index (κ2) is 7.72. The molecule has 0 aliphatic heterocycles. The fourth-order valence-electron chi connectivity index (χ4n) is 0.959. The first-order valence-electron chi connectivity index (χ1n) is 6.79. The standard InChI is InChI=1S/C13H30O2Si2/c1-9-13(14-12(6)10(2)3)16-15-17(7,8)11(4)5/h10-13H,9H2,1-8H3. The maximum Gasteiger partial charge on any atom is 0.248 e. The third kappa shape index (κ3) is 6.74. The Morgan fingerprint density at radius 3 is 1.94 bits per heavy atom. The van der Waals surface area contributed by atoms with Crippen LogP contribution in [0.15, 0.2) is 0 Å². The summed E-state index contributed by atoms with van der Waals surface area (Å²) in [5.41, 5.74) is 0.938. The van der Waals surface area contributed by atoms with Crippen LogP contribution in [0.2, 0.25) is 18.6 Å². The maximum absolute atomic E-state index is 6.17. The highest BCUT2D eigenvalue weighted by Crippen LogP contribution is 2.21. The van der Waals surface area contributed by atoms with Crippen LogP contribution in [0, 0.1) is 5.92 Å². The van der Waals surface area contributed by atoms with Crippen LogP contribution in [-0.4, -0.2) is 29.9 Å². The Hall–Kier alpha value is 0.354. The predicted octanol–water partition coefficient (Wildman–Crippen LogP) is 4.03. The van der Waals surface area contributed by atoms with Crippen molar-refractivity contribution in [2.24, 2.45) is 5.92 Å². The van der Waals surface area contributed by atoms with Gasteiger partial charge in [-0.25, -0.2) is 0 Å². The Labute approximate surface area is 112 Å². The molecular weight excluding hydrogens is 244 g/mol. The summed E-state index contributed by atoms with van der Waals surface area (Å²) in [6, 6.07) is 0. The summed E-state index contributed by atoms with van der Waals surface area (Å²) in [5.74, 6) is 0.573. The lowest BCUT2D eigenvalue weighted by molar-refractivity contribution is 0.00760. The number of rotatable bonds is 8. The molecule has 2 unspecified atom stereocenters. The van der Waals surface area contributed by atoms with Crippen LogP contribution >= 0.6 is 0 Å². The molecule has 0 fully saturated rings. The molecular formula is C13H30O2Si2. The molecule has 0 aliphatic carbocycles. The highest BCUT2D eigenvalue weighted by atomic mass is 28.4. The molecule has 17 heavy (non-hydrogen) atoms. The second-order valence-corrected chi connectivity index (χ2v) is 12.0. The molecule has 2 nitrogen and oxygen atoms in total. The highest BCUT2D eigenvalue weighted by molar-refractivity contribution is 6.76. The lowest BCUT2D eigenvalue weighted by Gasteiger charge is -2.30. The minimum Gasteiger partial charge on any atom is -0.454 e. The Morgan fingerprint density at radius 1 is 1.06 bits per heavy atom. The predicted molar refractivity (Wildman–Crippen MR) is 78.9 cm³/mol. The van der Waals surface area contributed by atoms with Crippen LogP contribution in [0.25, 0.3) is 0 Å². The van der Waals surface area contributed by atoms with Crippen molar-refractivity contribution in [1.29, 1.82) is 0 Å². The van der Waals surface area contributed by atoms with Gasteiger partial charge in [-0.2, -0.15) is 0 Å². The fourth-order valence-corrected chi connectivity index (χ4v) is 4.08. The zero-order valence-electron chi connectivity index (χ0n) is 12.8. The molecule has 0 aromatic carbocycles. The Bertz CT molecular complexity index is 206. The van der Waals surface area contributed by atoms with Crippen molar-refractivity contribution in [2.75, 3.05) is 0 Å². The van der Waals surface area contributed by atoms with Gasteiger partial charge in [0.05, 0.1) is 11.8 Å². The number of hydrogen-bond donors (Lipinski definition) is 0. The van der Waals surface area contributed by atoms with E-state index in [4.69, 9.17) is 8.85 Å². The van der Waals surface area contributed by atoms with E-state index >= 15 is 0 Å². The molecule has 102 valence electrons. The highest BCUT2D eigenvalue weighted by Gasteiger charge is 2.28. The Morgan fingerprint density at radius 2 is 1.59 bits per heavy atom. The van der Waals surface area contributed by atoms with Crippen LogP contribution in [0.5, 0.6) is 0 Å². The zero-order chi connectivity index (χ0) is 13.6. The number of hydrogen-bond acceptors (Lipinski definition) is 2. The van der Waals surface area contributed by atoms with Gasteiger partial charge >= 0.3 is 0 Å². The fraction of sp³-hybridized carbons (Fsp3) is 1.00. The largest absolute Gasteiger partial charge is 0.454 e. The first kappa shape index (κ1) is 17.4. The monoisotopic (exact) mass is 274 g/mol. The average molecular weight is 275 g/mol. The molecule has 0 bridgehead atoms. The van der Waals surface area contributed by atoms with Crippen molar-refractivity contribution < 1.29 is 8.85 Å². The molecule has 0 aromatic rings. The summed E-state index contributed by atoms with van der Waals surface area (Å²) in [7, 11) is -1.01. The number of ether oxygens (including phenoxy) is 1. The van der Waals surface area contributed by atoms with Gasteiger partial charge in [0.2, 0.25) is 9.76 Å². The van der Waals surface area contributed by atoms with E-state index in [1.54, 1.807) is 0 Å². The zero-order valence-corrected chi connectivity index (χ0v) is 14.8. The SMILES string of the molecule is CCC(OC(C)C(C)C)[Si]O[Si](C)(C)C(C)C. The first-order valence-corrected chi connectivity index (χ1v) is 10.8. The molecule has 0 aromatic heterocycles. The van der Waals surface area contributed by atoms with E-state index in [1.165, 1.54) is 0 Å². The molecule has 0 saturated heterocycles. The third-order valence-corrected chi connectivity index (χ3v) is 9.70. The van der Waals surface area contributed by atoms with Crippen LogP contribution in [0.3, 0.4) is 0 Å². The van der Waals surface area contributed by atoms with E-state index in [0.29, 0.717) is 27.3 Å². The summed E-state index contributed by atoms with van der Waals surface area (Å²) >= 11 is 0. The molecule has 0 rings (SSSR count). The minimum atomic E-state index is -1.51. The third-order valence-electron chi connectivity index (χ3n) is 3.53. The Balaban J connectivity index is 4.15. The molecule has 0 N–H and O–H groups in total. The van der Waals surface area contributed by atoms with Gasteiger partial charge in [-0.1, -0.05) is 34.6 Å². The van der Waals surface area contributed by atoms with Gasteiger partial charge < -0.3 is 8.85 Å². The molecule has 0 saturated carbocycles. The van der Waals surface area contributed by atoms with Crippen LogP contribution in [0.4, 0.5) is 0 Å². The molecule has 2 radical (unpaired) electrons. The molecule has 0 amide bonds. The maximum atomic E-state index is 6.17. The summed E-state index contributed by atoms with van der Waals surface area (Å²) in [4.78, 5) is 0. The summed E-state index contributed by atoms with van der Waals surface area (Å²) < 4.78 is 12.2. The van der Waals surface area contributed by atoms with Crippen LogP contribution in [0.1, 0.15) is 48.0 Å². The quantitative estimate of drug-likeness (QED) is 0.622. The van der Waals surface area contributed by atoms with Crippen molar-refractivity contribution in [1.82, 2.24) is 0 Å². The smallest absolute Gasteiger partial charge is 0.248 e. The van der Waals surface area contributed by atoms with Crippen molar-refractivity contribution in [2.45, 2.75) is 78.4 Å². The van der Waals surface area contributed by atoms with Gasteiger partial charge in [0, 0.05) is 0 Å². The Kier molecular flexibility index (Phi) is 7.88. The van der Waals surface area contributed by atoms with Gasteiger partial charge in [0.1, 0.15) is 0 Å². The summed E-state index contributed by atoms with van der Waals surface area (Å²) in [6.45, 7) is 17.8. The van der Waals surface area contributed by atoms with E-state index in [-0.39, 0.29) is 5.73 Å². The van der Waals surface area contributed by atoms with Crippen molar-refractivity contribution in [3.8, 4) is 0 Å². The molecule has 0 spiro atoms.